The summed E-state index contributed by atoms with van der Waals surface area (Å²) >= 11 is 0. The highest BCUT2D eigenvalue weighted by molar-refractivity contribution is 5.51. The minimum absolute atomic E-state index is 0.0310. The van der Waals surface area contributed by atoms with E-state index in [-0.39, 0.29) is 6.61 Å². The molecule has 0 unspecified atom stereocenters. The molecule has 0 saturated carbocycles. The zero-order valence-electron chi connectivity index (χ0n) is 11.9. The highest BCUT2D eigenvalue weighted by Gasteiger charge is 2.04. The molecule has 20 heavy (non-hydrogen) atoms. The largest absolute Gasteiger partial charge is 0.494 e. The van der Waals surface area contributed by atoms with Crippen molar-refractivity contribution in [3.05, 3.63) is 53.3 Å². The number of nitrogens with zero attached hydrogens (tertiary/aromatic N) is 1. The molecule has 0 amide bonds. The van der Waals surface area contributed by atoms with Crippen LogP contribution in [0.1, 0.15) is 23.6 Å². The van der Waals surface area contributed by atoms with Gasteiger partial charge in [0.2, 0.25) is 0 Å². The monoisotopic (exact) mass is 272 g/mol. The summed E-state index contributed by atoms with van der Waals surface area (Å²) in [5, 5.41) is 12.7. The van der Waals surface area contributed by atoms with Crippen molar-refractivity contribution < 1.29 is 9.84 Å². The van der Waals surface area contributed by atoms with Crippen molar-refractivity contribution in [3.8, 4) is 5.75 Å². The maximum absolute atomic E-state index is 9.38. The Bertz CT molecular complexity index is 570. The van der Waals surface area contributed by atoms with Crippen molar-refractivity contribution in [2.75, 3.05) is 11.9 Å². The molecule has 0 spiro atoms. The number of benzene rings is 1. The zero-order chi connectivity index (χ0) is 14.4. The van der Waals surface area contributed by atoms with Crippen LogP contribution in [0.2, 0.25) is 0 Å². The van der Waals surface area contributed by atoms with E-state index in [4.69, 9.17) is 4.74 Å². The van der Waals surface area contributed by atoms with Crippen LogP contribution in [-0.2, 0) is 13.2 Å². The van der Waals surface area contributed by atoms with Gasteiger partial charge in [-0.2, -0.15) is 0 Å². The van der Waals surface area contributed by atoms with E-state index in [2.05, 4.69) is 17.2 Å². The van der Waals surface area contributed by atoms with Crippen molar-refractivity contribution in [2.24, 2.45) is 0 Å². The van der Waals surface area contributed by atoms with Gasteiger partial charge in [0.1, 0.15) is 5.75 Å². The van der Waals surface area contributed by atoms with Crippen molar-refractivity contribution >= 4 is 5.69 Å². The highest BCUT2D eigenvalue weighted by atomic mass is 16.5. The molecule has 0 bridgehead atoms. The number of anilines is 1. The Morgan fingerprint density at radius 3 is 2.80 bits per heavy atom. The molecule has 0 aliphatic heterocycles. The number of nitrogens with one attached hydrogen (secondary N) is 1. The SMILES string of the molecule is CCOc1ccc(NCc2cnccc2C)cc1CO. The van der Waals surface area contributed by atoms with Gasteiger partial charge in [-0.05, 0) is 49.2 Å². The molecular formula is C16H20N2O2. The minimum Gasteiger partial charge on any atom is -0.494 e. The van der Waals surface area contributed by atoms with Gasteiger partial charge in [0, 0.05) is 30.2 Å². The van der Waals surface area contributed by atoms with E-state index in [1.54, 1.807) is 6.20 Å². The molecule has 0 aliphatic carbocycles. The fourth-order valence-corrected chi connectivity index (χ4v) is 1.99. The van der Waals surface area contributed by atoms with Gasteiger partial charge in [-0.1, -0.05) is 0 Å². The van der Waals surface area contributed by atoms with Gasteiger partial charge in [0.05, 0.1) is 13.2 Å². The first kappa shape index (κ1) is 14.3. The second-order valence-electron chi connectivity index (χ2n) is 4.57. The molecule has 0 saturated heterocycles. The number of aromatic nitrogens is 1. The molecule has 0 radical (unpaired) electrons. The Balaban J connectivity index is 2.08. The Hall–Kier alpha value is -2.07. The summed E-state index contributed by atoms with van der Waals surface area (Å²) in [6, 6.07) is 7.74. The normalized spacial score (nSPS) is 10.3. The molecule has 1 aromatic heterocycles. The summed E-state index contributed by atoms with van der Waals surface area (Å²) in [4.78, 5) is 4.13. The second kappa shape index (κ2) is 6.91. The van der Waals surface area contributed by atoms with Gasteiger partial charge in [-0.15, -0.1) is 0 Å². The third-order valence-corrected chi connectivity index (χ3v) is 3.16. The van der Waals surface area contributed by atoms with Crippen LogP contribution in [-0.4, -0.2) is 16.7 Å². The molecule has 2 rings (SSSR count). The van der Waals surface area contributed by atoms with Crippen LogP contribution in [0.25, 0.3) is 0 Å². The van der Waals surface area contributed by atoms with Crippen molar-refractivity contribution in [2.45, 2.75) is 27.0 Å². The first-order valence-corrected chi connectivity index (χ1v) is 6.74. The van der Waals surface area contributed by atoms with Crippen molar-refractivity contribution in [1.29, 1.82) is 0 Å². The van der Waals surface area contributed by atoms with E-state index in [0.717, 1.165) is 22.6 Å². The Kier molecular flexibility index (Phi) is 4.96. The Morgan fingerprint density at radius 2 is 2.10 bits per heavy atom. The van der Waals surface area contributed by atoms with Crippen LogP contribution < -0.4 is 10.1 Å². The number of pyridine rings is 1. The molecule has 0 fully saturated rings. The van der Waals surface area contributed by atoms with Gasteiger partial charge in [-0.25, -0.2) is 0 Å². The molecule has 1 aromatic carbocycles. The van der Waals surface area contributed by atoms with Gasteiger partial charge in [0.25, 0.3) is 0 Å². The van der Waals surface area contributed by atoms with E-state index in [0.29, 0.717) is 13.2 Å². The lowest BCUT2D eigenvalue weighted by atomic mass is 10.1. The van der Waals surface area contributed by atoms with E-state index >= 15 is 0 Å². The van der Waals surface area contributed by atoms with Gasteiger partial charge in [0.15, 0.2) is 0 Å². The molecule has 0 aliphatic rings. The highest BCUT2D eigenvalue weighted by Crippen LogP contribution is 2.23. The number of hydrogen-bond acceptors (Lipinski definition) is 4. The van der Waals surface area contributed by atoms with Crippen LogP contribution in [0.3, 0.4) is 0 Å². The van der Waals surface area contributed by atoms with E-state index in [9.17, 15) is 5.11 Å². The fourth-order valence-electron chi connectivity index (χ4n) is 1.99. The topological polar surface area (TPSA) is 54.4 Å². The maximum Gasteiger partial charge on any atom is 0.124 e. The van der Waals surface area contributed by atoms with Crippen LogP contribution in [0, 0.1) is 6.92 Å². The molecule has 2 N–H and O–H groups in total. The summed E-state index contributed by atoms with van der Waals surface area (Å²) in [5.74, 6) is 0.734. The number of rotatable bonds is 6. The van der Waals surface area contributed by atoms with Crippen molar-refractivity contribution in [3.63, 3.8) is 0 Å². The number of hydrogen-bond donors (Lipinski definition) is 2. The molecule has 2 aromatic rings. The Morgan fingerprint density at radius 1 is 1.25 bits per heavy atom. The van der Waals surface area contributed by atoms with E-state index in [1.807, 2.05) is 37.4 Å². The van der Waals surface area contributed by atoms with Crippen LogP contribution >= 0.6 is 0 Å². The maximum atomic E-state index is 9.38. The molecule has 4 nitrogen and oxygen atoms in total. The lowest BCUT2D eigenvalue weighted by Gasteiger charge is -2.12. The third-order valence-electron chi connectivity index (χ3n) is 3.16. The molecular weight excluding hydrogens is 252 g/mol. The van der Waals surface area contributed by atoms with Gasteiger partial charge < -0.3 is 15.2 Å². The van der Waals surface area contributed by atoms with Crippen LogP contribution in [0.5, 0.6) is 5.75 Å². The number of aliphatic hydroxyl groups excluding tert-OH is 1. The fraction of sp³-hybridized carbons (Fsp3) is 0.312. The van der Waals surface area contributed by atoms with Gasteiger partial charge >= 0.3 is 0 Å². The lowest BCUT2D eigenvalue weighted by molar-refractivity contribution is 0.267. The quantitative estimate of drug-likeness (QED) is 0.849. The smallest absolute Gasteiger partial charge is 0.124 e. The first-order valence-electron chi connectivity index (χ1n) is 6.74. The van der Waals surface area contributed by atoms with Gasteiger partial charge in [-0.3, -0.25) is 4.98 Å². The predicted octanol–water partition coefficient (Wildman–Crippen LogP) is 2.89. The number of aliphatic hydroxyl groups is 1. The Labute approximate surface area is 119 Å². The zero-order valence-corrected chi connectivity index (χ0v) is 11.9. The summed E-state index contributed by atoms with van der Waals surface area (Å²) in [6.07, 6.45) is 3.66. The summed E-state index contributed by atoms with van der Waals surface area (Å²) in [7, 11) is 0. The summed E-state index contributed by atoms with van der Waals surface area (Å²) in [6.45, 7) is 5.26. The standard InChI is InChI=1S/C16H20N2O2/c1-3-20-16-5-4-15(8-13(16)11-19)18-10-14-9-17-7-6-12(14)2/h4-9,18-19H,3,10-11H2,1-2H3. The van der Waals surface area contributed by atoms with Crippen molar-refractivity contribution in [1.82, 2.24) is 4.98 Å². The molecule has 4 heteroatoms. The average Bonchev–Trinajstić information content (AvgIpc) is 2.48. The first-order chi connectivity index (χ1) is 9.74. The molecule has 106 valence electrons. The van der Waals surface area contributed by atoms with E-state index in [1.165, 1.54) is 5.56 Å². The van der Waals surface area contributed by atoms with Crippen LogP contribution in [0.15, 0.2) is 36.7 Å². The summed E-state index contributed by atoms with van der Waals surface area (Å²) < 4.78 is 5.47. The molecule has 0 atom stereocenters. The number of aryl methyl sites for hydroxylation is 1. The molecule has 1 heterocycles. The van der Waals surface area contributed by atoms with Crippen LogP contribution in [0.4, 0.5) is 5.69 Å². The minimum atomic E-state index is -0.0310. The van der Waals surface area contributed by atoms with E-state index < -0.39 is 0 Å². The second-order valence-corrected chi connectivity index (χ2v) is 4.57. The third kappa shape index (κ3) is 3.48. The summed E-state index contributed by atoms with van der Waals surface area (Å²) in [5.41, 5.74) is 4.12. The number of ether oxygens (including phenoxy) is 1. The lowest BCUT2D eigenvalue weighted by Crippen LogP contribution is -2.03. The predicted molar refractivity (Wildman–Crippen MR) is 79.8 cm³/mol. The average molecular weight is 272 g/mol.